The van der Waals surface area contributed by atoms with Crippen molar-refractivity contribution < 1.29 is 18.9 Å². The van der Waals surface area contributed by atoms with Gasteiger partial charge in [-0.3, -0.25) is 0 Å². The first-order valence-electron chi connectivity index (χ1n) is 7.31. The predicted octanol–water partition coefficient (Wildman–Crippen LogP) is 2.26. The van der Waals surface area contributed by atoms with Crippen LogP contribution in [0, 0.1) is 0 Å². The molecule has 4 nitrogen and oxygen atoms in total. The van der Waals surface area contributed by atoms with Gasteiger partial charge in [-0.15, -0.1) is 0 Å². The summed E-state index contributed by atoms with van der Waals surface area (Å²) in [5, 5.41) is 0. The minimum atomic E-state index is -0.266. The Bertz CT molecular complexity index is 265. The van der Waals surface area contributed by atoms with E-state index in [1.54, 1.807) is 0 Å². The molecule has 0 aromatic rings. The summed E-state index contributed by atoms with van der Waals surface area (Å²) in [5.41, 5.74) is 0. The lowest BCUT2D eigenvalue weighted by atomic mass is 9.92. The molecule has 2 aliphatic heterocycles. The fourth-order valence-electron chi connectivity index (χ4n) is 3.23. The first kappa shape index (κ1) is 12.9. The Kier molecular flexibility index (Phi) is 3.89. The van der Waals surface area contributed by atoms with Crippen molar-refractivity contribution in [2.45, 2.75) is 69.5 Å². The van der Waals surface area contributed by atoms with Gasteiger partial charge in [-0.25, -0.2) is 0 Å². The molecule has 3 aliphatic rings. The van der Waals surface area contributed by atoms with E-state index in [9.17, 15) is 0 Å². The van der Waals surface area contributed by atoms with Crippen LogP contribution in [0.2, 0.25) is 0 Å². The van der Waals surface area contributed by atoms with Gasteiger partial charge in [-0.05, 0) is 32.6 Å². The second-order valence-corrected chi connectivity index (χ2v) is 5.79. The van der Waals surface area contributed by atoms with Crippen LogP contribution in [-0.4, -0.2) is 43.9 Å². The van der Waals surface area contributed by atoms with Crippen LogP contribution in [0.15, 0.2) is 0 Å². The van der Waals surface area contributed by atoms with Gasteiger partial charge in [-0.1, -0.05) is 0 Å². The van der Waals surface area contributed by atoms with Gasteiger partial charge in [0.1, 0.15) is 0 Å². The number of rotatable bonds is 3. The second-order valence-electron chi connectivity index (χ2n) is 5.79. The normalized spacial score (nSPS) is 36.5. The van der Waals surface area contributed by atoms with Gasteiger partial charge in [-0.2, -0.15) is 0 Å². The zero-order valence-corrected chi connectivity index (χ0v) is 11.2. The molecule has 0 N–H and O–H groups in total. The molecule has 2 unspecified atom stereocenters. The van der Waals surface area contributed by atoms with Crippen LogP contribution in [0.1, 0.15) is 45.4 Å². The van der Waals surface area contributed by atoms with Crippen LogP contribution in [-0.2, 0) is 18.9 Å². The molecule has 4 heteroatoms. The van der Waals surface area contributed by atoms with Gasteiger partial charge in [0.15, 0.2) is 5.79 Å². The molecule has 0 bridgehead atoms. The highest BCUT2D eigenvalue weighted by Crippen LogP contribution is 2.36. The average molecular weight is 256 g/mol. The molecule has 0 amide bonds. The fraction of sp³-hybridized carbons (Fsp3) is 1.00. The molecule has 0 radical (unpaired) electrons. The molecule has 1 aliphatic carbocycles. The molecule has 18 heavy (non-hydrogen) atoms. The zero-order chi connectivity index (χ0) is 12.4. The van der Waals surface area contributed by atoms with E-state index in [-0.39, 0.29) is 5.79 Å². The molecule has 3 fully saturated rings. The van der Waals surface area contributed by atoms with Crippen LogP contribution < -0.4 is 0 Å². The largest absolute Gasteiger partial charge is 0.376 e. The maximum Gasteiger partial charge on any atom is 0.168 e. The van der Waals surface area contributed by atoms with E-state index in [1.807, 2.05) is 0 Å². The van der Waals surface area contributed by atoms with Gasteiger partial charge in [0.25, 0.3) is 0 Å². The van der Waals surface area contributed by atoms with E-state index >= 15 is 0 Å². The topological polar surface area (TPSA) is 36.9 Å². The molecular weight excluding hydrogens is 232 g/mol. The van der Waals surface area contributed by atoms with Crippen molar-refractivity contribution in [1.29, 1.82) is 0 Å². The van der Waals surface area contributed by atoms with Crippen molar-refractivity contribution in [3.05, 3.63) is 0 Å². The van der Waals surface area contributed by atoms with Crippen molar-refractivity contribution in [3.8, 4) is 0 Å². The molecule has 3 rings (SSSR count). The SMILES string of the molecule is CC1CCC(COC2CCC3(CC2)OCCO3)O1. The van der Waals surface area contributed by atoms with Gasteiger partial charge in [0.05, 0.1) is 38.1 Å². The third-order valence-electron chi connectivity index (χ3n) is 4.35. The third-order valence-corrected chi connectivity index (χ3v) is 4.35. The summed E-state index contributed by atoms with van der Waals surface area (Å²) in [7, 11) is 0. The Labute approximate surface area is 109 Å². The standard InChI is InChI=1S/C14H24O4/c1-11-2-3-13(18-11)10-15-12-4-6-14(7-5-12)16-8-9-17-14/h11-13H,2-10H2,1H3. The molecule has 2 heterocycles. The van der Waals surface area contributed by atoms with Crippen molar-refractivity contribution in [1.82, 2.24) is 0 Å². The first-order valence-corrected chi connectivity index (χ1v) is 7.31. The highest BCUT2D eigenvalue weighted by molar-refractivity contribution is 4.83. The van der Waals surface area contributed by atoms with Gasteiger partial charge in [0.2, 0.25) is 0 Å². The predicted molar refractivity (Wildman–Crippen MR) is 66.4 cm³/mol. The molecule has 2 saturated heterocycles. The lowest BCUT2D eigenvalue weighted by Crippen LogP contribution is -2.38. The summed E-state index contributed by atoms with van der Waals surface area (Å²) in [5.74, 6) is -0.266. The summed E-state index contributed by atoms with van der Waals surface area (Å²) >= 11 is 0. The van der Waals surface area contributed by atoms with Crippen LogP contribution in [0.3, 0.4) is 0 Å². The summed E-state index contributed by atoms with van der Waals surface area (Å²) < 4.78 is 23.2. The van der Waals surface area contributed by atoms with E-state index in [0.29, 0.717) is 18.3 Å². The van der Waals surface area contributed by atoms with Crippen molar-refractivity contribution in [2.24, 2.45) is 0 Å². The Morgan fingerprint density at radius 3 is 2.39 bits per heavy atom. The highest BCUT2D eigenvalue weighted by Gasteiger charge is 2.40. The van der Waals surface area contributed by atoms with Crippen molar-refractivity contribution in [3.63, 3.8) is 0 Å². The molecule has 2 atom stereocenters. The summed E-state index contributed by atoms with van der Waals surface area (Å²) in [4.78, 5) is 0. The third kappa shape index (κ3) is 2.87. The quantitative estimate of drug-likeness (QED) is 0.776. The number of hydrogen-bond acceptors (Lipinski definition) is 4. The smallest absolute Gasteiger partial charge is 0.168 e. The summed E-state index contributed by atoms with van der Waals surface area (Å²) in [6.07, 6.45) is 7.43. The monoisotopic (exact) mass is 256 g/mol. The van der Waals surface area contributed by atoms with E-state index in [2.05, 4.69) is 6.92 Å². The van der Waals surface area contributed by atoms with Crippen molar-refractivity contribution in [2.75, 3.05) is 19.8 Å². The van der Waals surface area contributed by atoms with Gasteiger partial charge >= 0.3 is 0 Å². The lowest BCUT2D eigenvalue weighted by molar-refractivity contribution is -0.193. The summed E-state index contributed by atoms with van der Waals surface area (Å²) in [6.45, 7) is 4.39. The Morgan fingerprint density at radius 1 is 1.06 bits per heavy atom. The molecule has 0 aromatic heterocycles. The summed E-state index contributed by atoms with van der Waals surface area (Å²) in [6, 6.07) is 0. The minimum Gasteiger partial charge on any atom is -0.376 e. The maximum absolute atomic E-state index is 5.98. The van der Waals surface area contributed by atoms with Crippen LogP contribution in [0.4, 0.5) is 0 Å². The highest BCUT2D eigenvalue weighted by atomic mass is 16.7. The number of hydrogen-bond donors (Lipinski definition) is 0. The Morgan fingerprint density at radius 2 is 1.78 bits per heavy atom. The van der Waals surface area contributed by atoms with Crippen LogP contribution in [0.25, 0.3) is 0 Å². The Balaban J connectivity index is 1.38. The molecule has 104 valence electrons. The van der Waals surface area contributed by atoms with Gasteiger partial charge < -0.3 is 18.9 Å². The number of ether oxygens (including phenoxy) is 4. The molecule has 1 saturated carbocycles. The van der Waals surface area contributed by atoms with Gasteiger partial charge in [0, 0.05) is 12.8 Å². The zero-order valence-electron chi connectivity index (χ0n) is 11.2. The fourth-order valence-corrected chi connectivity index (χ4v) is 3.23. The molecule has 1 spiro atoms. The molecular formula is C14H24O4. The lowest BCUT2D eigenvalue weighted by Gasteiger charge is -2.35. The van der Waals surface area contributed by atoms with E-state index in [4.69, 9.17) is 18.9 Å². The second kappa shape index (κ2) is 5.45. The average Bonchev–Trinajstić information content (AvgIpc) is 2.99. The molecule has 0 aromatic carbocycles. The van der Waals surface area contributed by atoms with E-state index < -0.39 is 0 Å². The van der Waals surface area contributed by atoms with Crippen LogP contribution in [0.5, 0.6) is 0 Å². The maximum atomic E-state index is 5.98. The first-order chi connectivity index (χ1) is 8.76. The Hall–Kier alpha value is -0.160. The van der Waals surface area contributed by atoms with E-state index in [1.165, 1.54) is 6.42 Å². The van der Waals surface area contributed by atoms with E-state index in [0.717, 1.165) is 51.9 Å². The van der Waals surface area contributed by atoms with Crippen LogP contribution >= 0.6 is 0 Å². The van der Waals surface area contributed by atoms with Crippen molar-refractivity contribution >= 4 is 0 Å². The minimum absolute atomic E-state index is 0.266.